The molecule has 70 valence electrons. The Morgan fingerprint density at radius 1 is 1.46 bits per heavy atom. The summed E-state index contributed by atoms with van der Waals surface area (Å²) in [5.74, 6) is 0.108. The first-order chi connectivity index (χ1) is 6.25. The molecule has 2 rings (SSSR count). The van der Waals surface area contributed by atoms with Gasteiger partial charge in [-0.15, -0.1) is 0 Å². The lowest BCUT2D eigenvalue weighted by Crippen LogP contribution is -2.40. The average molecular weight is 200 g/mol. The van der Waals surface area contributed by atoms with Crippen molar-refractivity contribution in [2.45, 2.75) is 6.04 Å². The number of anilines is 1. The van der Waals surface area contributed by atoms with E-state index in [2.05, 4.69) is 5.32 Å². The third kappa shape index (κ3) is 1.87. The lowest BCUT2D eigenvalue weighted by molar-refractivity contribution is 0.0211. The number of phenolic OH excluding ortho intramolecular Hbond substituents is 1. The molecule has 1 aliphatic rings. The molecule has 4 heteroatoms. The van der Waals surface area contributed by atoms with Crippen LogP contribution in [0.2, 0.25) is 5.02 Å². The predicted octanol–water partition coefficient (Wildman–Crippen LogP) is 1.86. The van der Waals surface area contributed by atoms with Crippen molar-refractivity contribution < 1.29 is 9.84 Å². The van der Waals surface area contributed by atoms with E-state index in [1.807, 2.05) is 0 Å². The molecule has 0 amide bonds. The van der Waals surface area contributed by atoms with Crippen LogP contribution in [-0.2, 0) is 4.74 Å². The number of halogens is 1. The van der Waals surface area contributed by atoms with E-state index in [0.29, 0.717) is 11.1 Å². The highest BCUT2D eigenvalue weighted by Gasteiger charge is 2.17. The molecule has 0 saturated carbocycles. The first kappa shape index (κ1) is 8.66. The molecule has 0 unspecified atom stereocenters. The number of aromatic hydroxyl groups is 1. The number of hydrogen-bond donors (Lipinski definition) is 2. The maximum Gasteiger partial charge on any atom is 0.134 e. The van der Waals surface area contributed by atoms with E-state index in [0.717, 1.165) is 18.9 Å². The molecule has 0 aromatic heterocycles. The van der Waals surface area contributed by atoms with Gasteiger partial charge in [-0.25, -0.2) is 0 Å². The van der Waals surface area contributed by atoms with Crippen LogP contribution in [0, 0.1) is 0 Å². The Bertz CT molecular complexity index is 312. The Kier molecular flexibility index (Phi) is 2.29. The number of hydrogen-bond acceptors (Lipinski definition) is 3. The monoisotopic (exact) mass is 199 g/mol. The molecular formula is C9H10ClNO2. The summed E-state index contributed by atoms with van der Waals surface area (Å²) in [6.45, 7) is 1.47. The van der Waals surface area contributed by atoms with Crippen LogP contribution in [0.4, 0.5) is 5.69 Å². The van der Waals surface area contributed by atoms with Crippen molar-refractivity contribution in [2.24, 2.45) is 0 Å². The van der Waals surface area contributed by atoms with Gasteiger partial charge in [0.05, 0.1) is 24.3 Å². The van der Waals surface area contributed by atoms with Gasteiger partial charge in [0, 0.05) is 5.69 Å². The molecule has 1 aromatic rings. The van der Waals surface area contributed by atoms with Gasteiger partial charge in [-0.2, -0.15) is 0 Å². The fraction of sp³-hybridized carbons (Fsp3) is 0.333. The van der Waals surface area contributed by atoms with E-state index in [1.165, 1.54) is 0 Å². The van der Waals surface area contributed by atoms with Gasteiger partial charge in [-0.1, -0.05) is 11.6 Å². The summed E-state index contributed by atoms with van der Waals surface area (Å²) in [7, 11) is 0. The summed E-state index contributed by atoms with van der Waals surface area (Å²) in [5.41, 5.74) is 0.913. The maximum absolute atomic E-state index is 9.16. The summed E-state index contributed by atoms with van der Waals surface area (Å²) in [6, 6.07) is 5.44. The van der Waals surface area contributed by atoms with Gasteiger partial charge in [0.15, 0.2) is 0 Å². The molecule has 0 spiro atoms. The average Bonchev–Trinajstić information content (AvgIpc) is 2.04. The largest absolute Gasteiger partial charge is 0.506 e. The molecule has 1 saturated heterocycles. The van der Waals surface area contributed by atoms with Crippen LogP contribution in [0.15, 0.2) is 18.2 Å². The standard InChI is InChI=1S/C9H10ClNO2/c10-8-3-6(1-2-9(8)12)11-7-4-13-5-7/h1-3,7,11-12H,4-5H2. The van der Waals surface area contributed by atoms with E-state index in [1.54, 1.807) is 18.2 Å². The Labute approximate surface area is 81.3 Å². The highest BCUT2D eigenvalue weighted by Crippen LogP contribution is 2.26. The molecule has 0 radical (unpaired) electrons. The normalized spacial score (nSPS) is 16.7. The number of nitrogens with one attached hydrogen (secondary N) is 1. The smallest absolute Gasteiger partial charge is 0.134 e. The van der Waals surface area contributed by atoms with Crippen molar-refractivity contribution in [3.63, 3.8) is 0 Å². The predicted molar refractivity (Wildman–Crippen MR) is 51.3 cm³/mol. The Morgan fingerprint density at radius 3 is 2.77 bits per heavy atom. The van der Waals surface area contributed by atoms with Crippen molar-refractivity contribution >= 4 is 17.3 Å². The second kappa shape index (κ2) is 3.44. The summed E-state index contributed by atoms with van der Waals surface area (Å²) in [6.07, 6.45) is 0. The van der Waals surface area contributed by atoms with E-state index in [-0.39, 0.29) is 5.75 Å². The number of phenols is 1. The lowest BCUT2D eigenvalue weighted by atomic mass is 10.2. The van der Waals surface area contributed by atoms with Crippen molar-refractivity contribution in [1.82, 2.24) is 0 Å². The molecular weight excluding hydrogens is 190 g/mol. The first-order valence-corrected chi connectivity index (χ1v) is 4.46. The van der Waals surface area contributed by atoms with Crippen LogP contribution >= 0.6 is 11.6 Å². The third-order valence-electron chi connectivity index (χ3n) is 1.96. The molecule has 1 heterocycles. The Morgan fingerprint density at radius 2 is 2.23 bits per heavy atom. The zero-order valence-electron chi connectivity index (χ0n) is 6.96. The summed E-state index contributed by atoms with van der Waals surface area (Å²) in [4.78, 5) is 0. The van der Waals surface area contributed by atoms with Gasteiger partial charge in [0.1, 0.15) is 5.75 Å². The second-order valence-electron chi connectivity index (χ2n) is 3.04. The summed E-state index contributed by atoms with van der Waals surface area (Å²) in [5, 5.41) is 12.8. The van der Waals surface area contributed by atoms with Crippen LogP contribution < -0.4 is 5.32 Å². The fourth-order valence-corrected chi connectivity index (χ4v) is 1.33. The minimum Gasteiger partial charge on any atom is -0.506 e. The van der Waals surface area contributed by atoms with Gasteiger partial charge in [0.2, 0.25) is 0 Å². The van der Waals surface area contributed by atoms with E-state index in [9.17, 15) is 0 Å². The van der Waals surface area contributed by atoms with Crippen LogP contribution in [0.1, 0.15) is 0 Å². The minimum absolute atomic E-state index is 0.108. The zero-order chi connectivity index (χ0) is 9.26. The van der Waals surface area contributed by atoms with E-state index < -0.39 is 0 Å². The molecule has 2 N–H and O–H groups in total. The Hall–Kier alpha value is -0.930. The quantitative estimate of drug-likeness (QED) is 0.715. The fourth-order valence-electron chi connectivity index (χ4n) is 1.15. The summed E-state index contributed by atoms with van der Waals surface area (Å²) < 4.78 is 5.02. The van der Waals surface area contributed by atoms with Crippen LogP contribution in [-0.4, -0.2) is 24.4 Å². The number of benzene rings is 1. The van der Waals surface area contributed by atoms with Crippen molar-refractivity contribution in [2.75, 3.05) is 18.5 Å². The molecule has 1 aliphatic heterocycles. The van der Waals surface area contributed by atoms with Gasteiger partial charge < -0.3 is 15.2 Å². The molecule has 1 fully saturated rings. The van der Waals surface area contributed by atoms with E-state index >= 15 is 0 Å². The molecule has 1 aromatic carbocycles. The highest BCUT2D eigenvalue weighted by atomic mass is 35.5. The van der Waals surface area contributed by atoms with Crippen LogP contribution in [0.25, 0.3) is 0 Å². The third-order valence-corrected chi connectivity index (χ3v) is 2.26. The van der Waals surface area contributed by atoms with E-state index in [4.69, 9.17) is 21.4 Å². The van der Waals surface area contributed by atoms with Crippen LogP contribution in [0.3, 0.4) is 0 Å². The van der Waals surface area contributed by atoms with Crippen molar-refractivity contribution in [3.05, 3.63) is 23.2 Å². The van der Waals surface area contributed by atoms with Gasteiger partial charge in [0.25, 0.3) is 0 Å². The maximum atomic E-state index is 9.16. The van der Waals surface area contributed by atoms with Crippen molar-refractivity contribution in [1.29, 1.82) is 0 Å². The molecule has 3 nitrogen and oxygen atoms in total. The first-order valence-electron chi connectivity index (χ1n) is 4.08. The number of ether oxygens (including phenoxy) is 1. The molecule has 13 heavy (non-hydrogen) atoms. The SMILES string of the molecule is Oc1ccc(NC2COC2)cc1Cl. The Balaban J connectivity index is 2.07. The molecule has 0 aliphatic carbocycles. The zero-order valence-corrected chi connectivity index (χ0v) is 7.71. The van der Waals surface area contributed by atoms with Gasteiger partial charge in [-0.05, 0) is 18.2 Å². The van der Waals surface area contributed by atoms with Crippen molar-refractivity contribution in [3.8, 4) is 5.75 Å². The van der Waals surface area contributed by atoms with Gasteiger partial charge in [-0.3, -0.25) is 0 Å². The van der Waals surface area contributed by atoms with Crippen LogP contribution in [0.5, 0.6) is 5.75 Å². The van der Waals surface area contributed by atoms with Gasteiger partial charge >= 0.3 is 0 Å². The molecule has 0 bridgehead atoms. The topological polar surface area (TPSA) is 41.5 Å². The lowest BCUT2D eigenvalue weighted by Gasteiger charge is -2.27. The number of rotatable bonds is 2. The minimum atomic E-state index is 0.108. The molecule has 0 atom stereocenters. The second-order valence-corrected chi connectivity index (χ2v) is 3.45. The summed E-state index contributed by atoms with van der Waals surface area (Å²) >= 11 is 5.74. The highest BCUT2D eigenvalue weighted by molar-refractivity contribution is 6.32.